The van der Waals surface area contributed by atoms with Gasteiger partial charge in [-0.25, -0.2) is 14.0 Å². The molecule has 398 valence electrons. The Kier molecular flexibility index (Phi) is 18.5. The summed E-state index contributed by atoms with van der Waals surface area (Å²) in [6.45, 7) is 11.7. The molecule has 0 saturated carbocycles. The number of phenolic OH excluding ortho intramolecular Hbond substituents is 3. The number of hydrogen-bond donors (Lipinski definition) is 4. The molecular weight excluding hydrogens is 1040 g/mol. The van der Waals surface area contributed by atoms with E-state index in [1.54, 1.807) is 48.5 Å². The van der Waals surface area contributed by atoms with Gasteiger partial charge >= 0.3 is 6.18 Å². The van der Waals surface area contributed by atoms with Crippen LogP contribution in [0.1, 0.15) is 123 Å². The Balaban J connectivity index is 0.000000187. The first-order valence-corrected chi connectivity index (χ1v) is 24.1. The van der Waals surface area contributed by atoms with Crippen molar-refractivity contribution >= 4 is 40.7 Å². The van der Waals surface area contributed by atoms with Crippen molar-refractivity contribution in [2.45, 2.75) is 73.5 Å². The fraction of sp³-hybridized carbons (Fsp3) is 0.196. The van der Waals surface area contributed by atoms with Crippen LogP contribution in [0.25, 0.3) is 17.1 Å². The molecule has 77 heavy (non-hydrogen) atoms. The zero-order valence-electron chi connectivity index (χ0n) is 41.6. The van der Waals surface area contributed by atoms with Crippen LogP contribution in [0.5, 0.6) is 17.2 Å². The molecule has 1 amide bonds. The van der Waals surface area contributed by atoms with E-state index in [9.17, 15) is 42.9 Å². The Bertz CT molecular complexity index is 3540. The third-order valence-corrected chi connectivity index (χ3v) is 12.0. The van der Waals surface area contributed by atoms with Gasteiger partial charge < -0.3 is 20.6 Å². The summed E-state index contributed by atoms with van der Waals surface area (Å²) in [5, 5.41) is 56.6. The zero-order chi connectivity index (χ0) is 55.0. The minimum Gasteiger partial charge on any atom is -0.506 e. The second-order valence-corrected chi connectivity index (χ2v) is 18.9. The molecule has 0 unspecified atom stereocenters. The molecule has 9 rings (SSSR count). The van der Waals surface area contributed by atoms with Gasteiger partial charge in [-0.2, -0.15) is 13.2 Å². The zero-order valence-corrected chi connectivity index (χ0v) is 43.1. The highest BCUT2D eigenvalue weighted by Gasteiger charge is 2.31. The molecule has 0 bridgehead atoms. The van der Waals surface area contributed by atoms with Crippen LogP contribution < -0.4 is 5.32 Å². The van der Waals surface area contributed by atoms with Crippen LogP contribution in [0.3, 0.4) is 0 Å². The minimum absolute atomic E-state index is 0. The van der Waals surface area contributed by atoms with Crippen LogP contribution in [0.4, 0.5) is 13.2 Å². The fourth-order valence-electron chi connectivity index (χ4n) is 7.34. The normalized spacial score (nSPS) is 11.0. The molecule has 16 nitrogen and oxygen atoms in total. The SMILES string of the molecule is C.CC(C)c1ccc(C(=O)c2cn(-c3cc(Cl)ccc3O)nn2)cc1.Cc1cc(C(=O)NCc2cn(-c3cc(Cl)ccc3O)nn2)cc(C(F)(F)F)c1.Cc1ccc(-n2cc(C(=O)c3ccc(C(C)C)cc3)nn2)c(O)c1. The third-order valence-electron chi connectivity index (χ3n) is 11.5. The number of amides is 1. The van der Waals surface area contributed by atoms with Gasteiger partial charge in [-0.15, -0.1) is 15.3 Å². The summed E-state index contributed by atoms with van der Waals surface area (Å²) < 4.78 is 42.7. The number of nitrogens with one attached hydrogen (secondary N) is 1. The molecule has 0 spiro atoms. The lowest BCUT2D eigenvalue weighted by molar-refractivity contribution is -0.137. The molecule has 0 fully saturated rings. The Morgan fingerprint density at radius 3 is 1.48 bits per heavy atom. The summed E-state index contributed by atoms with van der Waals surface area (Å²) in [6, 6.07) is 32.3. The summed E-state index contributed by atoms with van der Waals surface area (Å²) in [7, 11) is 0. The Morgan fingerprint density at radius 1 is 0.545 bits per heavy atom. The van der Waals surface area contributed by atoms with Gasteiger partial charge in [-0.1, -0.05) is 129 Å². The second kappa shape index (κ2) is 24.8. The van der Waals surface area contributed by atoms with Gasteiger partial charge in [0.25, 0.3) is 5.91 Å². The Morgan fingerprint density at radius 2 is 1.01 bits per heavy atom. The van der Waals surface area contributed by atoms with Gasteiger partial charge in [0.2, 0.25) is 11.6 Å². The molecule has 0 aliphatic heterocycles. The van der Waals surface area contributed by atoms with Crippen molar-refractivity contribution in [2.24, 2.45) is 0 Å². The molecule has 0 radical (unpaired) electrons. The number of carbonyl (C=O) groups is 3. The van der Waals surface area contributed by atoms with E-state index in [1.807, 2.05) is 37.3 Å². The van der Waals surface area contributed by atoms with E-state index in [0.29, 0.717) is 61.3 Å². The van der Waals surface area contributed by atoms with Gasteiger partial charge in [0.1, 0.15) is 40.0 Å². The number of hydrogen-bond acceptors (Lipinski definition) is 12. The maximum atomic E-state index is 12.9. The number of aryl methyl sites for hydroxylation is 2. The molecule has 21 heteroatoms. The van der Waals surface area contributed by atoms with E-state index in [1.165, 1.54) is 81.0 Å². The van der Waals surface area contributed by atoms with E-state index in [0.717, 1.165) is 17.7 Å². The van der Waals surface area contributed by atoms with Crippen molar-refractivity contribution in [1.29, 1.82) is 0 Å². The van der Waals surface area contributed by atoms with Crippen molar-refractivity contribution < 1.29 is 42.9 Å². The molecule has 0 aliphatic carbocycles. The van der Waals surface area contributed by atoms with Gasteiger partial charge in [-0.3, -0.25) is 14.4 Å². The Labute approximate surface area is 451 Å². The number of aromatic nitrogens is 9. The lowest BCUT2D eigenvalue weighted by Crippen LogP contribution is -2.23. The van der Waals surface area contributed by atoms with E-state index in [4.69, 9.17) is 23.2 Å². The van der Waals surface area contributed by atoms with Crippen LogP contribution in [-0.2, 0) is 12.7 Å². The van der Waals surface area contributed by atoms with Crippen molar-refractivity contribution in [1.82, 2.24) is 50.3 Å². The number of halogens is 5. The molecule has 4 N–H and O–H groups in total. The quantitative estimate of drug-likeness (QED) is 0.0841. The monoisotopic (exact) mass is 1090 g/mol. The maximum Gasteiger partial charge on any atom is 0.416 e. The minimum atomic E-state index is -4.54. The topological polar surface area (TPSA) is 216 Å². The highest BCUT2D eigenvalue weighted by atomic mass is 35.5. The first-order chi connectivity index (χ1) is 36.0. The number of ketones is 2. The highest BCUT2D eigenvalue weighted by Crippen LogP contribution is 2.31. The molecule has 3 heterocycles. The van der Waals surface area contributed by atoms with Crippen LogP contribution in [0.2, 0.25) is 10.0 Å². The van der Waals surface area contributed by atoms with E-state index in [2.05, 4.69) is 63.9 Å². The number of phenols is 3. The summed E-state index contributed by atoms with van der Waals surface area (Å²) >= 11 is 11.8. The highest BCUT2D eigenvalue weighted by molar-refractivity contribution is 6.31. The molecule has 9 aromatic rings. The van der Waals surface area contributed by atoms with Crippen molar-refractivity contribution in [3.05, 3.63) is 212 Å². The molecule has 0 aliphatic rings. The fourth-order valence-corrected chi connectivity index (χ4v) is 7.67. The first kappa shape index (κ1) is 57.6. The average Bonchev–Trinajstić information content (AvgIpc) is 4.20. The molecular formula is C56H53Cl2F3N10O6. The summed E-state index contributed by atoms with van der Waals surface area (Å²) in [5.74, 6) is -0.231. The van der Waals surface area contributed by atoms with E-state index < -0.39 is 17.6 Å². The van der Waals surface area contributed by atoms with Gasteiger partial charge in [0.05, 0.1) is 30.7 Å². The number of benzene rings is 6. The van der Waals surface area contributed by atoms with Gasteiger partial charge in [-0.05, 0) is 115 Å². The van der Waals surface area contributed by atoms with Gasteiger partial charge in [0.15, 0.2) is 11.4 Å². The molecule has 0 atom stereocenters. The van der Waals surface area contributed by atoms with Crippen LogP contribution in [0.15, 0.2) is 140 Å². The smallest absolute Gasteiger partial charge is 0.416 e. The summed E-state index contributed by atoms with van der Waals surface area (Å²) in [6.07, 6.45) is -0.0705. The predicted octanol–water partition coefficient (Wildman–Crippen LogP) is 12.1. The molecule has 3 aromatic heterocycles. The summed E-state index contributed by atoms with van der Waals surface area (Å²) in [5.41, 5.74) is 5.67. The average molecular weight is 1090 g/mol. The second-order valence-electron chi connectivity index (χ2n) is 18.0. The number of aromatic hydroxyl groups is 3. The number of rotatable bonds is 12. The van der Waals surface area contributed by atoms with Crippen molar-refractivity contribution in [3.63, 3.8) is 0 Å². The number of nitrogens with zero attached hydrogens (tertiary/aromatic N) is 9. The lowest BCUT2D eigenvalue weighted by Gasteiger charge is -2.10. The van der Waals surface area contributed by atoms with Gasteiger partial charge in [0, 0.05) is 26.7 Å². The summed E-state index contributed by atoms with van der Waals surface area (Å²) in [4.78, 5) is 37.3. The number of alkyl halides is 3. The third kappa shape index (κ3) is 14.6. The van der Waals surface area contributed by atoms with E-state index in [-0.39, 0.29) is 59.7 Å². The van der Waals surface area contributed by atoms with Crippen LogP contribution >= 0.6 is 23.2 Å². The molecule has 6 aromatic carbocycles. The standard InChI is InChI=1S/C19H19N3O2.C18H14ClF3N4O2.C18H16ClN3O2.CH4/c1-12(2)14-5-7-15(8-6-14)19(24)16-11-22(21-20-16)17-9-4-13(3)10-18(17)23;1-10-4-11(6-12(5-10)18(20,21)22)17(28)23-8-14-9-26(25-24-14)15-7-13(19)2-3-16(15)27;1-11(2)12-3-5-13(6-4-12)18(24)15-10-22(21-20-15)16-9-14(19)7-8-17(16)23;/h4-12,23H,1-3H3;2-7,9,27H,8H2,1H3,(H,23,28);3-11,23H,1-2H3;1H4. The predicted molar refractivity (Wildman–Crippen MR) is 286 cm³/mol. The van der Waals surface area contributed by atoms with Crippen molar-refractivity contribution in [3.8, 4) is 34.3 Å². The van der Waals surface area contributed by atoms with Crippen molar-refractivity contribution in [2.75, 3.05) is 0 Å². The lowest BCUT2D eigenvalue weighted by atomic mass is 10.00. The van der Waals surface area contributed by atoms with Crippen LogP contribution in [-0.4, -0.2) is 77.8 Å². The van der Waals surface area contributed by atoms with E-state index >= 15 is 0 Å². The number of carbonyl (C=O) groups excluding carboxylic acids is 3. The molecule has 0 saturated heterocycles. The van der Waals surface area contributed by atoms with Crippen LogP contribution in [0, 0.1) is 13.8 Å². The Hall–Kier alpha value is -8.68. The first-order valence-electron chi connectivity index (χ1n) is 23.3. The largest absolute Gasteiger partial charge is 0.506 e. The maximum absolute atomic E-state index is 12.9.